The highest BCUT2D eigenvalue weighted by Crippen LogP contribution is 2.46. The Morgan fingerprint density at radius 1 is 1.17 bits per heavy atom. The monoisotopic (exact) mass is 491 g/mol. The van der Waals surface area contributed by atoms with E-state index in [0.717, 1.165) is 46.8 Å². The molecule has 1 heterocycles. The molecule has 0 aliphatic heterocycles. The number of benzene rings is 2. The number of hydrogen-bond acceptors (Lipinski definition) is 5. The van der Waals surface area contributed by atoms with Crippen molar-refractivity contribution in [3.05, 3.63) is 47.5 Å². The van der Waals surface area contributed by atoms with Gasteiger partial charge in [0.2, 0.25) is 5.95 Å². The minimum absolute atomic E-state index is 0.228. The average Bonchev–Trinajstić information content (AvgIpc) is 3.17. The lowest BCUT2D eigenvalue weighted by molar-refractivity contribution is -0.140. The fourth-order valence-corrected chi connectivity index (χ4v) is 5.92. The first-order valence-corrected chi connectivity index (χ1v) is 13.1. The Labute approximate surface area is 215 Å². The molecule has 3 aromatic rings. The number of esters is 1. The van der Waals surface area contributed by atoms with E-state index in [9.17, 15) is 4.79 Å². The van der Waals surface area contributed by atoms with Crippen molar-refractivity contribution in [3.8, 4) is 5.75 Å². The maximum absolute atomic E-state index is 11.8. The summed E-state index contributed by atoms with van der Waals surface area (Å²) in [5.41, 5.74) is 5.54. The number of ether oxygens (including phenoxy) is 2. The van der Waals surface area contributed by atoms with Crippen molar-refractivity contribution in [2.24, 2.45) is 11.3 Å². The highest BCUT2D eigenvalue weighted by atomic mass is 16.5. The summed E-state index contributed by atoms with van der Waals surface area (Å²) in [5.74, 6) is 2.53. The van der Waals surface area contributed by atoms with Gasteiger partial charge in [0.15, 0.2) is 0 Å². The largest absolute Gasteiger partial charge is 0.496 e. The summed E-state index contributed by atoms with van der Waals surface area (Å²) >= 11 is 0. The van der Waals surface area contributed by atoms with Crippen LogP contribution in [-0.2, 0) is 16.0 Å². The summed E-state index contributed by atoms with van der Waals surface area (Å²) in [6.07, 6.45) is 4.29. The van der Waals surface area contributed by atoms with Crippen molar-refractivity contribution < 1.29 is 14.3 Å². The first-order valence-electron chi connectivity index (χ1n) is 13.1. The van der Waals surface area contributed by atoms with E-state index in [1.54, 1.807) is 7.11 Å². The van der Waals surface area contributed by atoms with E-state index >= 15 is 0 Å². The summed E-state index contributed by atoms with van der Waals surface area (Å²) in [7, 11) is 3.10. The second-order valence-corrected chi connectivity index (χ2v) is 11.5. The predicted molar refractivity (Wildman–Crippen MR) is 146 cm³/mol. The van der Waals surface area contributed by atoms with Crippen LogP contribution in [0.25, 0.3) is 11.0 Å². The molecule has 1 aliphatic carbocycles. The van der Waals surface area contributed by atoms with Crippen molar-refractivity contribution in [3.63, 3.8) is 0 Å². The minimum Gasteiger partial charge on any atom is -0.496 e. The van der Waals surface area contributed by atoms with Gasteiger partial charge >= 0.3 is 5.97 Å². The zero-order valence-electron chi connectivity index (χ0n) is 22.9. The molecule has 6 heteroatoms. The third kappa shape index (κ3) is 5.69. The number of hydrogen-bond donors (Lipinski definition) is 1. The fourth-order valence-electron chi connectivity index (χ4n) is 5.92. The number of rotatable bonds is 8. The van der Waals surface area contributed by atoms with Crippen LogP contribution in [0.15, 0.2) is 36.4 Å². The Balaban J connectivity index is 1.79. The van der Waals surface area contributed by atoms with Crippen LogP contribution in [0.4, 0.5) is 11.6 Å². The van der Waals surface area contributed by atoms with Gasteiger partial charge in [0.1, 0.15) is 5.75 Å². The lowest BCUT2D eigenvalue weighted by atomic mass is 9.70. The van der Waals surface area contributed by atoms with Crippen LogP contribution >= 0.6 is 0 Å². The maximum Gasteiger partial charge on any atom is 0.305 e. The molecule has 1 aliphatic rings. The Bertz CT molecular complexity index is 1210. The lowest BCUT2D eigenvalue weighted by Crippen LogP contribution is -2.29. The molecule has 0 spiro atoms. The van der Waals surface area contributed by atoms with Crippen molar-refractivity contribution in [2.45, 2.75) is 78.7 Å². The normalized spacial score (nSPS) is 19.4. The van der Waals surface area contributed by atoms with Gasteiger partial charge in [0.05, 0.1) is 25.3 Å². The van der Waals surface area contributed by atoms with Crippen LogP contribution in [0.2, 0.25) is 0 Å². The number of aromatic nitrogens is 2. The van der Waals surface area contributed by atoms with E-state index in [2.05, 4.69) is 80.9 Å². The third-order valence-electron chi connectivity index (χ3n) is 7.48. The molecule has 0 amide bonds. The van der Waals surface area contributed by atoms with Crippen LogP contribution in [0.3, 0.4) is 0 Å². The maximum atomic E-state index is 11.8. The summed E-state index contributed by atoms with van der Waals surface area (Å²) in [4.78, 5) is 16.9. The van der Waals surface area contributed by atoms with Crippen molar-refractivity contribution in [2.75, 3.05) is 19.5 Å². The highest BCUT2D eigenvalue weighted by molar-refractivity contribution is 5.83. The molecular weight excluding hydrogens is 450 g/mol. The first kappa shape index (κ1) is 26.1. The molecule has 1 fully saturated rings. The molecule has 36 heavy (non-hydrogen) atoms. The van der Waals surface area contributed by atoms with E-state index in [-0.39, 0.29) is 11.4 Å². The van der Waals surface area contributed by atoms with E-state index in [0.29, 0.717) is 30.7 Å². The number of carbonyl (C=O) groups is 1. The van der Waals surface area contributed by atoms with Crippen LogP contribution in [-0.4, -0.2) is 29.7 Å². The van der Waals surface area contributed by atoms with Gasteiger partial charge in [-0.15, -0.1) is 0 Å². The molecule has 0 bridgehead atoms. The number of fused-ring (bicyclic) bond motifs is 1. The number of nitrogens with one attached hydrogen (secondary N) is 1. The summed E-state index contributed by atoms with van der Waals surface area (Å²) < 4.78 is 13.0. The van der Waals surface area contributed by atoms with Crippen LogP contribution in [0.5, 0.6) is 5.75 Å². The van der Waals surface area contributed by atoms with E-state index in [1.807, 2.05) is 0 Å². The highest BCUT2D eigenvalue weighted by Gasteiger charge is 2.35. The van der Waals surface area contributed by atoms with Gasteiger partial charge in [0.25, 0.3) is 0 Å². The van der Waals surface area contributed by atoms with E-state index in [4.69, 9.17) is 14.5 Å². The number of aryl methyl sites for hydroxylation is 1. The zero-order chi connectivity index (χ0) is 26.0. The molecule has 1 N–H and O–H groups in total. The standard InChI is InChI=1S/C30H41N3O3/c1-19(2)21-8-11-23(12-9-21)31-29-32-25-15-22(10-13-28(34)36-7)27(35-6)16-26(25)33(29)24-14-20(3)17-30(4,5)18-24/h8-9,11-12,15-16,19-20,24H,10,13-14,17-18H2,1-7H3,(H,31,32)/t20-,24-/m0/s1. The van der Waals surface area contributed by atoms with Crippen molar-refractivity contribution >= 4 is 28.6 Å². The Morgan fingerprint density at radius 2 is 1.89 bits per heavy atom. The SMILES string of the molecule is COC(=O)CCc1cc2nc(Nc3ccc(C(C)C)cc3)n([C@H]3C[C@H](C)CC(C)(C)C3)c2cc1OC. The minimum atomic E-state index is -0.228. The predicted octanol–water partition coefficient (Wildman–Crippen LogP) is 7.40. The molecule has 2 atom stereocenters. The van der Waals surface area contributed by atoms with Gasteiger partial charge in [0, 0.05) is 24.2 Å². The number of methoxy groups -OCH3 is 2. The van der Waals surface area contributed by atoms with Crippen LogP contribution in [0.1, 0.15) is 83.4 Å². The molecule has 1 aromatic heterocycles. The van der Waals surface area contributed by atoms with Gasteiger partial charge in [-0.1, -0.05) is 46.8 Å². The topological polar surface area (TPSA) is 65.4 Å². The van der Waals surface area contributed by atoms with Crippen molar-refractivity contribution in [1.29, 1.82) is 0 Å². The molecule has 4 rings (SSSR count). The molecule has 0 radical (unpaired) electrons. The second kappa shape index (κ2) is 10.5. The number of imidazole rings is 1. The van der Waals surface area contributed by atoms with E-state index < -0.39 is 0 Å². The quantitative estimate of drug-likeness (QED) is 0.332. The lowest BCUT2D eigenvalue weighted by Gasteiger charge is -2.40. The second-order valence-electron chi connectivity index (χ2n) is 11.5. The molecule has 6 nitrogen and oxygen atoms in total. The van der Waals surface area contributed by atoms with E-state index in [1.165, 1.54) is 19.1 Å². The van der Waals surface area contributed by atoms with Crippen LogP contribution in [0, 0.1) is 11.3 Å². The molecule has 0 saturated heterocycles. The van der Waals surface area contributed by atoms with Gasteiger partial charge < -0.3 is 19.4 Å². The smallest absolute Gasteiger partial charge is 0.305 e. The number of anilines is 2. The summed E-state index contributed by atoms with van der Waals surface area (Å²) in [6, 6.07) is 13.1. The first-order chi connectivity index (χ1) is 17.1. The molecular formula is C30H41N3O3. The molecule has 1 saturated carbocycles. The summed E-state index contributed by atoms with van der Waals surface area (Å²) in [5, 5.41) is 3.62. The molecule has 0 unspecified atom stereocenters. The number of carbonyl (C=O) groups excluding carboxylic acids is 1. The summed E-state index contributed by atoms with van der Waals surface area (Å²) in [6.45, 7) is 11.5. The van der Waals surface area contributed by atoms with Crippen LogP contribution < -0.4 is 10.1 Å². The Morgan fingerprint density at radius 3 is 2.50 bits per heavy atom. The Hall–Kier alpha value is -3.02. The zero-order valence-corrected chi connectivity index (χ0v) is 22.9. The number of nitrogens with zero attached hydrogens (tertiary/aromatic N) is 2. The van der Waals surface area contributed by atoms with Crippen molar-refractivity contribution in [1.82, 2.24) is 9.55 Å². The van der Waals surface area contributed by atoms with Gasteiger partial charge in [-0.2, -0.15) is 0 Å². The van der Waals surface area contributed by atoms with Gasteiger partial charge in [-0.25, -0.2) is 4.98 Å². The Kier molecular flexibility index (Phi) is 7.62. The van der Waals surface area contributed by atoms with Gasteiger partial charge in [-0.05, 0) is 72.3 Å². The fraction of sp³-hybridized carbons (Fsp3) is 0.533. The average molecular weight is 492 g/mol. The third-order valence-corrected chi connectivity index (χ3v) is 7.48. The molecule has 2 aromatic carbocycles. The molecule has 194 valence electrons. The van der Waals surface area contributed by atoms with Gasteiger partial charge in [-0.3, -0.25) is 4.79 Å².